The monoisotopic (exact) mass is 492 g/mol. The van der Waals surface area contributed by atoms with Gasteiger partial charge in [-0.05, 0) is 30.7 Å². The van der Waals surface area contributed by atoms with Gasteiger partial charge >= 0.3 is 23.5 Å². The third-order valence-electron chi connectivity index (χ3n) is 4.87. The molecule has 6 N–H and O–H groups in total. The molecule has 0 radical (unpaired) electrons. The van der Waals surface area contributed by atoms with Crippen LogP contribution in [-0.2, 0) is 39.3 Å². The first-order valence-corrected chi connectivity index (χ1v) is 9.60. The van der Waals surface area contributed by atoms with Crippen molar-refractivity contribution in [1.29, 1.82) is 0 Å². The molecule has 3 unspecified atom stereocenters. The highest BCUT2D eigenvalue weighted by molar-refractivity contribution is 6.16. The molecule has 2 rings (SSSR count). The first-order chi connectivity index (χ1) is 16.5. The Morgan fingerprint density at radius 1 is 0.943 bits per heavy atom. The van der Waals surface area contributed by atoms with Crippen LogP contribution >= 0.6 is 0 Å². The number of carboxylic acid groups (broad SMARTS) is 1. The average molecular weight is 492 g/mol. The summed E-state index contributed by atoms with van der Waals surface area (Å²) in [6, 6.07) is 9.24. The van der Waals surface area contributed by atoms with Gasteiger partial charge in [0.15, 0.2) is 11.5 Å². The molecule has 3 atom stereocenters. The second-order valence-corrected chi connectivity index (χ2v) is 7.05. The van der Waals surface area contributed by atoms with Crippen LogP contribution in [0.1, 0.15) is 18.1 Å². The number of esters is 2. The van der Waals surface area contributed by atoms with Gasteiger partial charge in [-0.2, -0.15) is 0 Å². The molecular weight excluding hydrogens is 472 g/mol. The number of phenols is 2. The van der Waals surface area contributed by atoms with E-state index in [0.717, 1.165) is 37.3 Å². The molecule has 13 heteroatoms. The van der Waals surface area contributed by atoms with Gasteiger partial charge in [-0.25, -0.2) is 24.2 Å². The number of aliphatic hydroxyl groups excluding tert-OH is 1. The number of carbonyl (C=O) groups is 4. The number of aliphatic carboxylic acids is 1. The fourth-order valence-corrected chi connectivity index (χ4v) is 3.17. The molecule has 0 heterocycles. The molecule has 0 aliphatic carbocycles. The minimum Gasteiger partial charge on any atom is -0.504 e. The van der Waals surface area contributed by atoms with E-state index in [4.69, 9.17) is 0 Å². The van der Waals surface area contributed by atoms with Crippen molar-refractivity contribution in [3.05, 3.63) is 65.7 Å². The van der Waals surface area contributed by atoms with Gasteiger partial charge in [-0.3, -0.25) is 15.3 Å². The molecule has 0 fully saturated rings. The first kappa shape index (κ1) is 27.1. The fourth-order valence-electron chi connectivity index (χ4n) is 3.17. The molecule has 0 aliphatic rings. The van der Waals surface area contributed by atoms with Gasteiger partial charge in [0.25, 0.3) is 5.60 Å². The Bertz CT molecular complexity index is 1140. The lowest BCUT2D eigenvalue weighted by molar-refractivity contribution is -0.404. The molecule has 0 spiro atoms. The molecule has 0 saturated heterocycles. The van der Waals surface area contributed by atoms with Crippen molar-refractivity contribution in [1.82, 2.24) is 0 Å². The summed E-state index contributed by atoms with van der Waals surface area (Å²) in [5.74, 6) is -8.74. The van der Waals surface area contributed by atoms with Crippen molar-refractivity contribution in [3.63, 3.8) is 0 Å². The van der Waals surface area contributed by atoms with E-state index in [9.17, 15) is 50.1 Å². The van der Waals surface area contributed by atoms with Crippen LogP contribution in [-0.4, -0.2) is 66.3 Å². The molecule has 13 nitrogen and oxygen atoms in total. The highest BCUT2D eigenvalue weighted by atomic mass is 17.1. The minimum atomic E-state index is -3.84. The zero-order chi connectivity index (χ0) is 26.4. The van der Waals surface area contributed by atoms with E-state index in [0.29, 0.717) is 6.08 Å². The van der Waals surface area contributed by atoms with Gasteiger partial charge in [0.1, 0.15) is 6.10 Å². The van der Waals surface area contributed by atoms with Crippen LogP contribution in [0.15, 0.2) is 54.6 Å². The van der Waals surface area contributed by atoms with Crippen LogP contribution in [0.5, 0.6) is 11.5 Å². The molecule has 0 aromatic heterocycles. The predicted molar refractivity (Wildman–Crippen MR) is 113 cm³/mol. The number of aromatic hydroxyl groups is 2. The van der Waals surface area contributed by atoms with E-state index >= 15 is 0 Å². The van der Waals surface area contributed by atoms with E-state index in [1.165, 1.54) is 24.3 Å². The Kier molecular flexibility index (Phi) is 8.41. The van der Waals surface area contributed by atoms with Crippen LogP contribution in [0.4, 0.5) is 0 Å². The predicted octanol–water partition coefficient (Wildman–Crippen LogP) is 0.829. The number of ketones is 1. The van der Waals surface area contributed by atoms with Gasteiger partial charge in [0.05, 0.1) is 0 Å². The second-order valence-electron chi connectivity index (χ2n) is 7.05. The van der Waals surface area contributed by atoms with Gasteiger partial charge in [-0.1, -0.05) is 36.4 Å². The zero-order valence-electron chi connectivity index (χ0n) is 17.9. The molecule has 2 aromatic carbocycles. The lowest BCUT2D eigenvalue weighted by Gasteiger charge is -2.39. The van der Waals surface area contributed by atoms with E-state index in [1.54, 1.807) is 0 Å². The second kappa shape index (κ2) is 10.9. The van der Waals surface area contributed by atoms with Gasteiger partial charge in [0.2, 0.25) is 5.78 Å². The lowest BCUT2D eigenvalue weighted by atomic mass is 9.73. The first-order valence-electron chi connectivity index (χ1n) is 9.60. The Morgan fingerprint density at radius 3 is 2.06 bits per heavy atom. The summed E-state index contributed by atoms with van der Waals surface area (Å²) in [6.45, 7) is 0.789. The summed E-state index contributed by atoms with van der Waals surface area (Å²) in [5.41, 5.74) is -7.86. The van der Waals surface area contributed by atoms with Crippen LogP contribution in [0.25, 0.3) is 6.08 Å². The fraction of sp³-hybridized carbons (Fsp3) is 0.182. The summed E-state index contributed by atoms with van der Waals surface area (Å²) < 4.78 is 4.49. The Hall–Kier alpha value is -4.14. The number of phenolic OH excluding ortho intramolecular Hbond substituents is 2. The molecule has 35 heavy (non-hydrogen) atoms. The summed E-state index contributed by atoms with van der Waals surface area (Å²) in [5, 5.41) is 57.8. The highest BCUT2D eigenvalue weighted by Gasteiger charge is 2.73. The normalized spacial score (nSPS) is 15.5. The molecular formula is C22H20O13. The topological polar surface area (TPSA) is 217 Å². The number of carbonyl (C=O) groups excluding carboxylic acids is 3. The van der Waals surface area contributed by atoms with E-state index in [1.807, 2.05) is 0 Å². The quantitative estimate of drug-likeness (QED) is 0.0677. The molecule has 0 aliphatic heterocycles. The molecule has 2 aromatic rings. The number of ether oxygens (including phenoxy) is 1. The number of benzene rings is 2. The highest BCUT2D eigenvalue weighted by Crippen LogP contribution is 2.42. The molecule has 0 saturated carbocycles. The van der Waals surface area contributed by atoms with Crippen LogP contribution in [0.3, 0.4) is 0 Å². The van der Waals surface area contributed by atoms with Gasteiger partial charge in [-0.15, -0.1) is 0 Å². The molecule has 0 bridgehead atoms. The van der Waals surface area contributed by atoms with Crippen molar-refractivity contribution in [2.24, 2.45) is 0 Å². The SMILES string of the molecule is CC(O)C(=O)C(OO)(C(=O)OC(=O)/C=C/c1ccc(O)c(O)c1)C(OO)(C(=O)O)c1ccccc1. The minimum absolute atomic E-state index is 0.150. The summed E-state index contributed by atoms with van der Waals surface area (Å²) in [7, 11) is 0. The number of carboxylic acids is 1. The summed E-state index contributed by atoms with van der Waals surface area (Å²) >= 11 is 0. The maximum Gasteiger partial charge on any atom is 0.362 e. The number of aliphatic hydroxyl groups is 1. The number of Topliss-reactive ketones (excluding diaryl/α,β-unsaturated/α-hetero) is 1. The van der Waals surface area contributed by atoms with E-state index in [2.05, 4.69) is 14.5 Å². The maximum atomic E-state index is 13.0. The zero-order valence-corrected chi connectivity index (χ0v) is 17.9. The van der Waals surface area contributed by atoms with Crippen molar-refractivity contribution in [3.8, 4) is 11.5 Å². The largest absolute Gasteiger partial charge is 0.504 e. The Morgan fingerprint density at radius 2 is 1.57 bits per heavy atom. The third kappa shape index (κ3) is 4.89. The van der Waals surface area contributed by atoms with Crippen molar-refractivity contribution in [2.75, 3.05) is 0 Å². The number of hydrogen-bond acceptors (Lipinski definition) is 12. The standard InChI is InChI=1S/C22H20O13/c1-12(23)18(27)22(35-32,21(34-31,19(28)29)14-5-3-2-4-6-14)20(30)33-17(26)10-8-13-7-9-15(24)16(25)11-13/h2-12,23-25,31-32H,1H3,(H,28,29)/b10-8+. The molecule has 186 valence electrons. The lowest BCUT2D eigenvalue weighted by Crippen LogP contribution is -2.70. The van der Waals surface area contributed by atoms with Crippen molar-refractivity contribution < 1.29 is 64.6 Å². The van der Waals surface area contributed by atoms with Crippen LogP contribution in [0, 0.1) is 0 Å². The van der Waals surface area contributed by atoms with E-state index in [-0.39, 0.29) is 5.56 Å². The maximum absolute atomic E-state index is 13.0. The van der Waals surface area contributed by atoms with E-state index < -0.39 is 58.1 Å². The van der Waals surface area contributed by atoms with Crippen molar-refractivity contribution in [2.45, 2.75) is 24.2 Å². The summed E-state index contributed by atoms with van der Waals surface area (Å²) in [6.07, 6.45) is -0.571. The average Bonchev–Trinajstić information content (AvgIpc) is 2.83. The van der Waals surface area contributed by atoms with Crippen LogP contribution < -0.4 is 0 Å². The van der Waals surface area contributed by atoms with Gasteiger partial charge in [0, 0.05) is 11.6 Å². The Balaban J connectivity index is 2.59. The smallest absolute Gasteiger partial charge is 0.362 e. The number of hydrogen-bond donors (Lipinski definition) is 6. The van der Waals surface area contributed by atoms with Crippen LogP contribution in [0.2, 0.25) is 0 Å². The Labute approximate surface area is 196 Å². The van der Waals surface area contributed by atoms with Gasteiger partial charge < -0.3 is 25.2 Å². The molecule has 0 amide bonds. The third-order valence-corrected chi connectivity index (χ3v) is 4.87. The summed E-state index contributed by atoms with van der Waals surface area (Å²) in [4.78, 5) is 58.5. The van der Waals surface area contributed by atoms with Crippen molar-refractivity contribution >= 4 is 29.8 Å². The number of rotatable bonds is 10.